The van der Waals surface area contributed by atoms with Crippen LogP contribution >= 0.6 is 0 Å². The summed E-state index contributed by atoms with van der Waals surface area (Å²) in [6.07, 6.45) is 3.75. The molecule has 2 rings (SSSR count). The van der Waals surface area contributed by atoms with Crippen molar-refractivity contribution in [3.05, 3.63) is 23.0 Å². The highest BCUT2D eigenvalue weighted by Crippen LogP contribution is 2.34. The van der Waals surface area contributed by atoms with Gasteiger partial charge >= 0.3 is 0 Å². The van der Waals surface area contributed by atoms with Crippen molar-refractivity contribution in [3.63, 3.8) is 0 Å². The van der Waals surface area contributed by atoms with Crippen LogP contribution in [0.2, 0.25) is 0 Å². The third-order valence-electron chi connectivity index (χ3n) is 2.94. The molecule has 1 aliphatic rings. The summed E-state index contributed by atoms with van der Waals surface area (Å²) in [7, 11) is 0. The molecular weight excluding hydrogens is 192 g/mol. The molecule has 82 valence electrons. The molecule has 1 aromatic heterocycles. The quantitative estimate of drug-likeness (QED) is 0.678. The van der Waals surface area contributed by atoms with E-state index in [0.29, 0.717) is 5.69 Å². The fraction of sp³-hybridized carbons (Fsp3) is 0.545. The number of aliphatic hydroxyl groups is 1. The molecule has 0 amide bonds. The van der Waals surface area contributed by atoms with Crippen molar-refractivity contribution in [2.24, 2.45) is 0 Å². The molecule has 1 saturated heterocycles. The Labute approximate surface area is 89.0 Å². The first kappa shape index (κ1) is 10.4. The number of hydrogen-bond donors (Lipinski definition) is 3. The molecule has 4 nitrogen and oxygen atoms in total. The molecule has 0 radical (unpaired) electrons. The zero-order chi connectivity index (χ0) is 10.8. The summed E-state index contributed by atoms with van der Waals surface area (Å²) in [5.74, 6) is 0.223. The number of aliphatic hydroxyl groups excluding tert-OH is 1. The molecule has 0 aromatic carbocycles. The van der Waals surface area contributed by atoms with Crippen LogP contribution in [-0.4, -0.2) is 21.7 Å². The van der Waals surface area contributed by atoms with Gasteiger partial charge in [0.1, 0.15) is 5.75 Å². The van der Waals surface area contributed by atoms with Gasteiger partial charge in [-0.05, 0) is 26.3 Å². The lowest BCUT2D eigenvalue weighted by molar-refractivity contribution is 0.277. The van der Waals surface area contributed by atoms with E-state index >= 15 is 0 Å². The smallest absolute Gasteiger partial charge is 0.141 e. The second kappa shape index (κ2) is 4.16. The molecule has 1 fully saturated rings. The second-order valence-corrected chi connectivity index (χ2v) is 3.94. The average Bonchev–Trinajstić information content (AvgIpc) is 2.75. The number of pyridine rings is 1. The van der Waals surface area contributed by atoms with Crippen molar-refractivity contribution in [1.82, 2.24) is 10.3 Å². The highest BCUT2D eigenvalue weighted by Gasteiger charge is 2.23. The van der Waals surface area contributed by atoms with E-state index in [4.69, 9.17) is 0 Å². The molecule has 0 bridgehead atoms. The van der Waals surface area contributed by atoms with Gasteiger partial charge in [-0.25, -0.2) is 0 Å². The summed E-state index contributed by atoms with van der Waals surface area (Å²) in [4.78, 5) is 4.04. The molecule has 1 aliphatic heterocycles. The van der Waals surface area contributed by atoms with Crippen molar-refractivity contribution in [2.75, 3.05) is 6.54 Å². The van der Waals surface area contributed by atoms with Crippen LogP contribution in [-0.2, 0) is 6.61 Å². The van der Waals surface area contributed by atoms with Crippen LogP contribution in [0.25, 0.3) is 0 Å². The molecule has 4 heteroatoms. The van der Waals surface area contributed by atoms with Crippen molar-refractivity contribution in [2.45, 2.75) is 32.4 Å². The first-order valence-electron chi connectivity index (χ1n) is 5.25. The minimum atomic E-state index is -0.0750. The molecule has 1 unspecified atom stereocenters. The second-order valence-electron chi connectivity index (χ2n) is 3.94. The standard InChI is InChI=1S/C11H16N2O2/c1-7-11(15)10(8(6-14)5-13-7)9-3-2-4-12-9/h5,9,12,14-15H,2-4,6H2,1H3. The topological polar surface area (TPSA) is 65.4 Å². The van der Waals surface area contributed by atoms with Gasteiger partial charge in [0.05, 0.1) is 12.3 Å². The van der Waals surface area contributed by atoms with Gasteiger partial charge in [-0.1, -0.05) is 0 Å². The van der Waals surface area contributed by atoms with E-state index in [0.717, 1.165) is 30.5 Å². The Balaban J connectivity index is 2.45. The number of aromatic nitrogens is 1. The maximum absolute atomic E-state index is 9.96. The lowest BCUT2D eigenvalue weighted by Crippen LogP contribution is -2.15. The van der Waals surface area contributed by atoms with E-state index in [1.165, 1.54) is 0 Å². The highest BCUT2D eigenvalue weighted by atomic mass is 16.3. The third kappa shape index (κ3) is 1.82. The zero-order valence-corrected chi connectivity index (χ0v) is 8.82. The van der Waals surface area contributed by atoms with Gasteiger partial charge in [0.15, 0.2) is 0 Å². The Morgan fingerprint density at radius 2 is 2.40 bits per heavy atom. The van der Waals surface area contributed by atoms with Gasteiger partial charge in [0.2, 0.25) is 0 Å². The highest BCUT2D eigenvalue weighted by molar-refractivity contribution is 5.43. The monoisotopic (exact) mass is 208 g/mol. The SMILES string of the molecule is Cc1ncc(CO)c(C2CCCN2)c1O. The lowest BCUT2D eigenvalue weighted by Gasteiger charge is -2.17. The minimum Gasteiger partial charge on any atom is -0.506 e. The van der Waals surface area contributed by atoms with Crippen LogP contribution in [0.4, 0.5) is 0 Å². The van der Waals surface area contributed by atoms with E-state index in [1.54, 1.807) is 13.1 Å². The van der Waals surface area contributed by atoms with E-state index < -0.39 is 0 Å². The van der Waals surface area contributed by atoms with E-state index in [1.807, 2.05) is 0 Å². The van der Waals surface area contributed by atoms with E-state index in [2.05, 4.69) is 10.3 Å². The van der Waals surface area contributed by atoms with Crippen LogP contribution in [0.1, 0.15) is 35.7 Å². The zero-order valence-electron chi connectivity index (χ0n) is 8.82. The van der Waals surface area contributed by atoms with Crippen LogP contribution in [0.5, 0.6) is 5.75 Å². The summed E-state index contributed by atoms with van der Waals surface area (Å²) < 4.78 is 0. The predicted octanol–water partition coefficient (Wildman–Crippen LogP) is 1.01. The van der Waals surface area contributed by atoms with Crippen LogP contribution in [0.3, 0.4) is 0 Å². The van der Waals surface area contributed by atoms with Gasteiger partial charge in [0, 0.05) is 23.4 Å². The molecule has 3 N–H and O–H groups in total. The summed E-state index contributed by atoms with van der Waals surface area (Å²) in [5, 5.41) is 22.5. The van der Waals surface area contributed by atoms with Gasteiger partial charge < -0.3 is 15.5 Å². The van der Waals surface area contributed by atoms with Gasteiger partial charge in [0.25, 0.3) is 0 Å². The van der Waals surface area contributed by atoms with Crippen LogP contribution < -0.4 is 5.32 Å². The van der Waals surface area contributed by atoms with Crippen molar-refractivity contribution in [3.8, 4) is 5.75 Å². The predicted molar refractivity (Wildman–Crippen MR) is 56.5 cm³/mol. The van der Waals surface area contributed by atoms with Gasteiger partial charge in [-0.3, -0.25) is 4.98 Å². The Morgan fingerprint density at radius 1 is 1.60 bits per heavy atom. The molecule has 1 aromatic rings. The maximum Gasteiger partial charge on any atom is 0.141 e. The van der Waals surface area contributed by atoms with Crippen LogP contribution in [0.15, 0.2) is 6.20 Å². The normalized spacial score (nSPS) is 20.8. The molecule has 15 heavy (non-hydrogen) atoms. The number of nitrogens with zero attached hydrogens (tertiary/aromatic N) is 1. The average molecular weight is 208 g/mol. The number of hydrogen-bond acceptors (Lipinski definition) is 4. The van der Waals surface area contributed by atoms with Crippen molar-refractivity contribution < 1.29 is 10.2 Å². The number of nitrogens with one attached hydrogen (secondary N) is 1. The Kier molecular flexibility index (Phi) is 2.88. The molecule has 0 saturated carbocycles. The fourth-order valence-electron chi connectivity index (χ4n) is 2.10. The first-order valence-corrected chi connectivity index (χ1v) is 5.25. The Morgan fingerprint density at radius 3 is 3.00 bits per heavy atom. The van der Waals surface area contributed by atoms with Crippen LogP contribution in [0, 0.1) is 6.92 Å². The minimum absolute atomic E-state index is 0.0750. The molecule has 1 atom stereocenters. The van der Waals surface area contributed by atoms with E-state index in [-0.39, 0.29) is 18.4 Å². The fourth-order valence-corrected chi connectivity index (χ4v) is 2.10. The molecular formula is C11H16N2O2. The Hall–Kier alpha value is -1.13. The van der Waals surface area contributed by atoms with Gasteiger partial charge in [-0.15, -0.1) is 0 Å². The lowest BCUT2D eigenvalue weighted by atomic mass is 9.99. The third-order valence-corrected chi connectivity index (χ3v) is 2.94. The molecule has 2 heterocycles. The molecule has 0 spiro atoms. The van der Waals surface area contributed by atoms with Crippen molar-refractivity contribution >= 4 is 0 Å². The number of rotatable bonds is 2. The van der Waals surface area contributed by atoms with Crippen molar-refractivity contribution in [1.29, 1.82) is 0 Å². The summed E-state index contributed by atoms with van der Waals surface area (Å²) in [6.45, 7) is 2.67. The van der Waals surface area contributed by atoms with E-state index in [9.17, 15) is 10.2 Å². The van der Waals surface area contributed by atoms with Gasteiger partial charge in [-0.2, -0.15) is 0 Å². The molecule has 0 aliphatic carbocycles. The summed E-state index contributed by atoms with van der Waals surface area (Å²) >= 11 is 0. The largest absolute Gasteiger partial charge is 0.506 e. The summed E-state index contributed by atoms with van der Waals surface area (Å²) in [6, 6.07) is 0.161. The number of aromatic hydroxyl groups is 1. The summed E-state index contributed by atoms with van der Waals surface area (Å²) in [5.41, 5.74) is 2.16. The number of aryl methyl sites for hydroxylation is 1. The maximum atomic E-state index is 9.96. The first-order chi connectivity index (χ1) is 7.24. The Bertz CT molecular complexity index is 360.